The minimum Gasteiger partial charge on any atom is -0.462 e. The van der Waals surface area contributed by atoms with E-state index >= 15 is 0 Å². The van der Waals surface area contributed by atoms with Gasteiger partial charge >= 0.3 is 5.97 Å². The lowest BCUT2D eigenvalue weighted by Gasteiger charge is -2.10. The molecular weight excluding hydrogens is 452 g/mol. The van der Waals surface area contributed by atoms with Gasteiger partial charge in [0.2, 0.25) is 0 Å². The maximum atomic E-state index is 13.4. The fraction of sp³-hybridized carbons (Fsp3) is 0.174. The number of aryl methyl sites for hydroxylation is 1. The van der Waals surface area contributed by atoms with Crippen molar-refractivity contribution in [2.24, 2.45) is 0 Å². The Labute approximate surface area is 192 Å². The largest absolute Gasteiger partial charge is 0.462 e. The van der Waals surface area contributed by atoms with Crippen LogP contribution in [0.1, 0.15) is 38.1 Å². The molecule has 3 heterocycles. The summed E-state index contributed by atoms with van der Waals surface area (Å²) in [6.07, 6.45) is 0. The quantitative estimate of drug-likeness (QED) is 0.328. The third kappa shape index (κ3) is 4.21. The SMILES string of the molecule is CCOC(=O)c1c(NC(=O)c2cc(-c3ccc(Cl)s3)nc3ccccc23)sc(C)c1C. The number of hydrogen-bond acceptors (Lipinski definition) is 6. The number of nitrogens with one attached hydrogen (secondary N) is 1. The first kappa shape index (κ1) is 21.5. The Kier molecular flexibility index (Phi) is 6.09. The first-order valence-corrected chi connectivity index (χ1v) is 11.6. The number of pyridine rings is 1. The molecule has 0 bridgehead atoms. The number of ether oxygens (including phenoxy) is 1. The average molecular weight is 471 g/mol. The molecule has 0 saturated heterocycles. The van der Waals surface area contributed by atoms with E-state index in [-0.39, 0.29) is 12.5 Å². The number of amides is 1. The molecule has 0 radical (unpaired) electrons. The van der Waals surface area contributed by atoms with E-state index in [4.69, 9.17) is 21.3 Å². The fourth-order valence-electron chi connectivity index (χ4n) is 3.28. The molecule has 4 rings (SSSR count). The highest BCUT2D eigenvalue weighted by molar-refractivity contribution is 7.19. The van der Waals surface area contributed by atoms with E-state index in [2.05, 4.69) is 5.32 Å². The molecule has 0 aliphatic rings. The zero-order chi connectivity index (χ0) is 22.1. The van der Waals surface area contributed by atoms with E-state index in [9.17, 15) is 9.59 Å². The average Bonchev–Trinajstić information content (AvgIpc) is 3.30. The van der Waals surface area contributed by atoms with Crippen molar-refractivity contribution in [3.05, 3.63) is 68.4 Å². The smallest absolute Gasteiger partial charge is 0.341 e. The van der Waals surface area contributed by atoms with Crippen LogP contribution in [0.4, 0.5) is 5.00 Å². The summed E-state index contributed by atoms with van der Waals surface area (Å²) < 4.78 is 5.85. The molecule has 0 unspecified atom stereocenters. The minimum atomic E-state index is -0.437. The van der Waals surface area contributed by atoms with Gasteiger partial charge in [0.1, 0.15) is 5.00 Å². The number of thiophene rings is 2. The molecular formula is C23H19ClN2O3S2. The Balaban J connectivity index is 1.78. The second-order valence-corrected chi connectivity index (χ2v) is 9.78. The molecule has 31 heavy (non-hydrogen) atoms. The highest BCUT2D eigenvalue weighted by Crippen LogP contribution is 2.35. The van der Waals surface area contributed by atoms with Gasteiger partial charge in [-0.05, 0) is 50.6 Å². The number of fused-ring (bicyclic) bond motifs is 1. The van der Waals surface area contributed by atoms with E-state index in [1.807, 2.05) is 44.2 Å². The number of nitrogens with zero attached hydrogens (tertiary/aromatic N) is 1. The molecule has 1 N–H and O–H groups in total. The summed E-state index contributed by atoms with van der Waals surface area (Å²) in [5.74, 6) is -0.748. The van der Waals surface area contributed by atoms with Crippen LogP contribution in [-0.4, -0.2) is 23.5 Å². The van der Waals surface area contributed by atoms with Crippen molar-refractivity contribution < 1.29 is 14.3 Å². The third-order valence-electron chi connectivity index (χ3n) is 4.88. The van der Waals surface area contributed by atoms with Crippen LogP contribution in [0.2, 0.25) is 4.34 Å². The standard InChI is InChI=1S/C23H19ClN2O3S2/c1-4-29-23(28)20-12(2)13(3)30-22(20)26-21(27)15-11-17(18-9-10-19(24)31-18)25-16-8-6-5-7-14(15)16/h5-11H,4H2,1-3H3,(H,26,27). The maximum Gasteiger partial charge on any atom is 0.341 e. The van der Waals surface area contributed by atoms with Crippen molar-refractivity contribution in [1.82, 2.24) is 4.98 Å². The molecule has 0 spiro atoms. The van der Waals surface area contributed by atoms with Gasteiger partial charge < -0.3 is 10.1 Å². The van der Waals surface area contributed by atoms with Gasteiger partial charge in [-0.2, -0.15) is 0 Å². The highest BCUT2D eigenvalue weighted by Gasteiger charge is 2.23. The first-order valence-electron chi connectivity index (χ1n) is 9.63. The van der Waals surface area contributed by atoms with Crippen LogP contribution in [0.15, 0.2) is 42.5 Å². The van der Waals surface area contributed by atoms with Gasteiger partial charge in [0.25, 0.3) is 5.91 Å². The number of carbonyl (C=O) groups excluding carboxylic acids is 2. The number of para-hydroxylation sites is 1. The Hall–Kier alpha value is -2.74. The van der Waals surface area contributed by atoms with Gasteiger partial charge in [-0.1, -0.05) is 29.8 Å². The summed E-state index contributed by atoms with van der Waals surface area (Å²) in [7, 11) is 0. The maximum absolute atomic E-state index is 13.4. The third-order valence-corrected chi connectivity index (χ3v) is 7.25. The fourth-order valence-corrected chi connectivity index (χ4v) is 5.32. The molecule has 158 valence electrons. The van der Waals surface area contributed by atoms with Gasteiger partial charge in [0, 0.05) is 10.3 Å². The van der Waals surface area contributed by atoms with Crippen LogP contribution >= 0.6 is 34.3 Å². The van der Waals surface area contributed by atoms with E-state index in [1.54, 1.807) is 19.1 Å². The molecule has 0 atom stereocenters. The van der Waals surface area contributed by atoms with Crippen molar-refractivity contribution >= 4 is 62.1 Å². The summed E-state index contributed by atoms with van der Waals surface area (Å²) in [5, 5.41) is 4.15. The number of rotatable bonds is 5. The van der Waals surface area contributed by atoms with Crippen molar-refractivity contribution in [3.63, 3.8) is 0 Å². The summed E-state index contributed by atoms with van der Waals surface area (Å²) >= 11 is 8.86. The van der Waals surface area contributed by atoms with Crippen LogP contribution in [0.5, 0.6) is 0 Å². The highest BCUT2D eigenvalue weighted by atomic mass is 35.5. The zero-order valence-electron chi connectivity index (χ0n) is 17.1. The van der Waals surface area contributed by atoms with E-state index in [1.165, 1.54) is 22.7 Å². The van der Waals surface area contributed by atoms with E-state index in [0.29, 0.717) is 31.7 Å². The molecule has 1 amide bonds. The Morgan fingerprint density at radius 1 is 1.13 bits per heavy atom. The van der Waals surface area contributed by atoms with Crippen LogP contribution in [0.25, 0.3) is 21.5 Å². The lowest BCUT2D eigenvalue weighted by atomic mass is 10.1. The van der Waals surface area contributed by atoms with Gasteiger partial charge in [0.15, 0.2) is 0 Å². The van der Waals surface area contributed by atoms with Crippen molar-refractivity contribution in [3.8, 4) is 10.6 Å². The first-order chi connectivity index (χ1) is 14.9. The number of hydrogen-bond donors (Lipinski definition) is 1. The molecule has 5 nitrogen and oxygen atoms in total. The number of esters is 1. The predicted molar refractivity (Wildman–Crippen MR) is 128 cm³/mol. The van der Waals surface area contributed by atoms with Crippen LogP contribution < -0.4 is 5.32 Å². The number of halogens is 1. The van der Waals surface area contributed by atoms with Crippen molar-refractivity contribution in [2.45, 2.75) is 20.8 Å². The zero-order valence-corrected chi connectivity index (χ0v) is 19.5. The predicted octanol–water partition coefficient (Wildman–Crippen LogP) is 6.72. The molecule has 8 heteroatoms. The number of aromatic nitrogens is 1. The molecule has 1 aromatic carbocycles. The molecule has 0 aliphatic heterocycles. The van der Waals surface area contributed by atoms with Gasteiger partial charge in [-0.25, -0.2) is 9.78 Å². The molecule has 0 aliphatic carbocycles. The van der Waals surface area contributed by atoms with E-state index in [0.717, 1.165) is 20.7 Å². The second kappa shape index (κ2) is 8.78. The normalized spacial score (nSPS) is 11.0. The van der Waals surface area contributed by atoms with Crippen LogP contribution in [0.3, 0.4) is 0 Å². The van der Waals surface area contributed by atoms with Gasteiger partial charge in [-0.15, -0.1) is 22.7 Å². The lowest BCUT2D eigenvalue weighted by Crippen LogP contribution is -2.15. The van der Waals surface area contributed by atoms with Crippen molar-refractivity contribution in [2.75, 3.05) is 11.9 Å². The topological polar surface area (TPSA) is 68.3 Å². The van der Waals surface area contributed by atoms with Crippen molar-refractivity contribution in [1.29, 1.82) is 0 Å². The van der Waals surface area contributed by atoms with E-state index < -0.39 is 5.97 Å². The Bertz CT molecular complexity index is 1310. The summed E-state index contributed by atoms with van der Waals surface area (Å²) in [6.45, 7) is 5.79. The number of carbonyl (C=O) groups is 2. The summed E-state index contributed by atoms with van der Waals surface area (Å²) in [5.41, 5.74) is 3.07. The molecule has 3 aromatic heterocycles. The number of anilines is 1. The summed E-state index contributed by atoms with van der Waals surface area (Å²) in [4.78, 5) is 32.4. The Morgan fingerprint density at radius 2 is 1.90 bits per heavy atom. The van der Waals surface area contributed by atoms with Gasteiger partial charge in [-0.3, -0.25) is 4.79 Å². The van der Waals surface area contributed by atoms with Gasteiger partial charge in [0.05, 0.1) is 38.2 Å². The monoisotopic (exact) mass is 470 g/mol. The summed E-state index contributed by atoms with van der Waals surface area (Å²) in [6, 6.07) is 12.9. The van der Waals surface area contributed by atoms with Crippen LogP contribution in [0, 0.1) is 13.8 Å². The molecule has 4 aromatic rings. The lowest BCUT2D eigenvalue weighted by molar-refractivity contribution is 0.0527. The second-order valence-electron chi connectivity index (χ2n) is 6.84. The number of benzene rings is 1. The minimum absolute atomic E-state index is 0.266. The van der Waals surface area contributed by atoms with Crippen LogP contribution in [-0.2, 0) is 4.74 Å². The molecule has 0 saturated carbocycles. The Morgan fingerprint density at radius 3 is 2.61 bits per heavy atom. The molecule has 0 fully saturated rings.